The molecule has 0 unspecified atom stereocenters. The van der Waals surface area contributed by atoms with E-state index in [1.165, 1.54) is 6.20 Å². The molecule has 0 aliphatic heterocycles. The monoisotopic (exact) mass is 197 g/mol. The fourth-order valence-electron chi connectivity index (χ4n) is 1.06. The first-order chi connectivity index (χ1) is 6.29. The van der Waals surface area contributed by atoms with Crippen molar-refractivity contribution in [2.75, 3.05) is 5.32 Å². The standard InChI is InChI=1S/C8H8ClN3O/c9-8-3-6(11-5-1-2-5)7(12-13)4-10-8/h3-5H,1-2H2,(H,10,11). The van der Waals surface area contributed by atoms with Gasteiger partial charge >= 0.3 is 0 Å². The summed E-state index contributed by atoms with van der Waals surface area (Å²) in [6.45, 7) is 0. The van der Waals surface area contributed by atoms with Gasteiger partial charge in [-0.1, -0.05) is 11.6 Å². The topological polar surface area (TPSA) is 54.4 Å². The summed E-state index contributed by atoms with van der Waals surface area (Å²) >= 11 is 5.68. The van der Waals surface area contributed by atoms with Gasteiger partial charge in [-0.05, 0) is 18.0 Å². The third kappa shape index (κ3) is 1.95. The summed E-state index contributed by atoms with van der Waals surface area (Å²) in [5.74, 6) is 0. The van der Waals surface area contributed by atoms with Crippen LogP contribution in [0.5, 0.6) is 0 Å². The second-order valence-corrected chi connectivity index (χ2v) is 3.42. The summed E-state index contributed by atoms with van der Waals surface area (Å²) < 4.78 is 0. The number of hydrogen-bond acceptors (Lipinski definition) is 4. The van der Waals surface area contributed by atoms with Crippen LogP contribution in [0.4, 0.5) is 11.4 Å². The molecule has 4 nitrogen and oxygen atoms in total. The van der Waals surface area contributed by atoms with E-state index in [0.29, 0.717) is 22.6 Å². The first-order valence-electron chi connectivity index (χ1n) is 4.05. The zero-order valence-electron chi connectivity index (χ0n) is 6.83. The number of nitrogens with zero attached hydrogens (tertiary/aromatic N) is 2. The van der Waals surface area contributed by atoms with E-state index in [1.807, 2.05) is 0 Å². The normalized spacial score (nSPS) is 15.5. The van der Waals surface area contributed by atoms with Crippen molar-refractivity contribution in [3.05, 3.63) is 22.3 Å². The molecule has 0 aromatic carbocycles. The lowest BCUT2D eigenvalue weighted by atomic mass is 10.3. The zero-order chi connectivity index (χ0) is 9.26. The van der Waals surface area contributed by atoms with Crippen molar-refractivity contribution in [1.29, 1.82) is 0 Å². The van der Waals surface area contributed by atoms with Crippen molar-refractivity contribution in [2.45, 2.75) is 18.9 Å². The summed E-state index contributed by atoms with van der Waals surface area (Å²) in [5, 5.41) is 6.39. The molecule has 1 fully saturated rings. The van der Waals surface area contributed by atoms with Crippen LogP contribution in [0.25, 0.3) is 0 Å². The molecule has 68 valence electrons. The highest BCUT2D eigenvalue weighted by Gasteiger charge is 2.22. The minimum Gasteiger partial charge on any atom is -0.380 e. The predicted octanol–water partition coefficient (Wildman–Crippen LogP) is 2.71. The minimum absolute atomic E-state index is 0.316. The highest BCUT2D eigenvalue weighted by molar-refractivity contribution is 6.29. The molecule has 13 heavy (non-hydrogen) atoms. The van der Waals surface area contributed by atoms with Crippen molar-refractivity contribution in [3.63, 3.8) is 0 Å². The van der Waals surface area contributed by atoms with Gasteiger partial charge < -0.3 is 5.32 Å². The lowest BCUT2D eigenvalue weighted by Crippen LogP contribution is -2.01. The molecule has 1 N–H and O–H groups in total. The van der Waals surface area contributed by atoms with Gasteiger partial charge in [0.25, 0.3) is 0 Å². The second-order valence-electron chi connectivity index (χ2n) is 3.03. The van der Waals surface area contributed by atoms with E-state index >= 15 is 0 Å². The van der Waals surface area contributed by atoms with E-state index in [-0.39, 0.29) is 0 Å². The summed E-state index contributed by atoms with van der Waals surface area (Å²) in [5.41, 5.74) is 0.994. The lowest BCUT2D eigenvalue weighted by Gasteiger charge is -2.05. The maximum Gasteiger partial charge on any atom is 0.149 e. The maximum absolute atomic E-state index is 10.4. The average molecular weight is 198 g/mol. The van der Waals surface area contributed by atoms with Gasteiger partial charge in [-0.2, -0.15) is 0 Å². The van der Waals surface area contributed by atoms with Crippen LogP contribution in [0, 0.1) is 4.91 Å². The van der Waals surface area contributed by atoms with Crippen LogP contribution in [0.1, 0.15) is 12.8 Å². The van der Waals surface area contributed by atoms with Crippen molar-refractivity contribution in [3.8, 4) is 0 Å². The number of nitrogens with one attached hydrogen (secondary N) is 1. The van der Waals surface area contributed by atoms with Gasteiger partial charge in [-0.3, -0.25) is 0 Å². The van der Waals surface area contributed by atoms with Crippen molar-refractivity contribution >= 4 is 23.0 Å². The Bertz CT molecular complexity index is 338. The molecule has 1 aliphatic rings. The quantitative estimate of drug-likeness (QED) is 0.599. The number of nitroso groups, excluding NO2 is 1. The number of halogens is 1. The summed E-state index contributed by atoms with van der Waals surface area (Å²) in [7, 11) is 0. The van der Waals surface area contributed by atoms with Gasteiger partial charge in [0.1, 0.15) is 10.8 Å². The lowest BCUT2D eigenvalue weighted by molar-refractivity contribution is 1.14. The smallest absolute Gasteiger partial charge is 0.149 e. The Morgan fingerprint density at radius 2 is 2.38 bits per heavy atom. The first-order valence-corrected chi connectivity index (χ1v) is 4.43. The van der Waals surface area contributed by atoms with Gasteiger partial charge in [0, 0.05) is 12.1 Å². The van der Waals surface area contributed by atoms with E-state index in [9.17, 15) is 4.91 Å². The van der Waals surface area contributed by atoms with Crippen LogP contribution in [0.2, 0.25) is 5.15 Å². The third-order valence-corrected chi connectivity index (χ3v) is 2.09. The number of rotatable bonds is 3. The molecule has 0 atom stereocenters. The fourth-order valence-corrected chi connectivity index (χ4v) is 1.22. The molecule has 1 aromatic rings. The fraction of sp³-hybridized carbons (Fsp3) is 0.375. The predicted molar refractivity (Wildman–Crippen MR) is 51.3 cm³/mol. The summed E-state index contributed by atoms with van der Waals surface area (Å²) in [6.07, 6.45) is 3.65. The molecule has 1 heterocycles. The molecule has 1 saturated carbocycles. The molecule has 5 heteroatoms. The van der Waals surface area contributed by atoms with Crippen LogP contribution in [-0.2, 0) is 0 Å². The van der Waals surface area contributed by atoms with Gasteiger partial charge in [-0.25, -0.2) is 4.98 Å². The largest absolute Gasteiger partial charge is 0.380 e. The van der Waals surface area contributed by atoms with Gasteiger partial charge in [0.05, 0.1) is 11.9 Å². The van der Waals surface area contributed by atoms with E-state index in [4.69, 9.17) is 11.6 Å². The van der Waals surface area contributed by atoms with E-state index in [1.54, 1.807) is 6.07 Å². The second kappa shape index (κ2) is 3.30. The van der Waals surface area contributed by atoms with Crippen molar-refractivity contribution in [2.24, 2.45) is 5.18 Å². The minimum atomic E-state index is 0.316. The van der Waals surface area contributed by atoms with Gasteiger partial charge in [-0.15, -0.1) is 4.91 Å². The SMILES string of the molecule is O=Nc1cnc(Cl)cc1NC1CC1. The van der Waals surface area contributed by atoms with Crippen LogP contribution in [0.15, 0.2) is 17.4 Å². The summed E-state index contributed by atoms with van der Waals surface area (Å²) in [4.78, 5) is 14.1. The third-order valence-electron chi connectivity index (χ3n) is 1.88. The average Bonchev–Trinajstić information content (AvgIpc) is 2.89. The Morgan fingerprint density at radius 3 is 3.00 bits per heavy atom. The number of anilines is 1. The van der Waals surface area contributed by atoms with Crippen LogP contribution >= 0.6 is 11.6 Å². The van der Waals surface area contributed by atoms with Crippen molar-refractivity contribution in [1.82, 2.24) is 4.98 Å². The Kier molecular flexibility index (Phi) is 2.14. The molecule has 2 rings (SSSR count). The van der Waals surface area contributed by atoms with Gasteiger partial charge in [0.15, 0.2) is 0 Å². The van der Waals surface area contributed by atoms with Crippen LogP contribution in [-0.4, -0.2) is 11.0 Å². The Hall–Kier alpha value is -1.16. The molecular weight excluding hydrogens is 190 g/mol. The Balaban J connectivity index is 2.27. The van der Waals surface area contributed by atoms with Crippen LogP contribution < -0.4 is 5.32 Å². The first kappa shape index (κ1) is 8.44. The van der Waals surface area contributed by atoms with E-state index in [0.717, 1.165) is 12.8 Å². The molecule has 0 saturated heterocycles. The Labute approximate surface area is 80.3 Å². The van der Waals surface area contributed by atoms with E-state index in [2.05, 4.69) is 15.5 Å². The zero-order valence-corrected chi connectivity index (χ0v) is 7.58. The van der Waals surface area contributed by atoms with Crippen molar-refractivity contribution < 1.29 is 0 Å². The maximum atomic E-state index is 10.4. The number of aromatic nitrogens is 1. The Morgan fingerprint density at radius 1 is 1.62 bits per heavy atom. The molecule has 0 bridgehead atoms. The number of hydrogen-bond donors (Lipinski definition) is 1. The number of pyridine rings is 1. The molecule has 0 spiro atoms. The molecule has 0 amide bonds. The highest BCUT2D eigenvalue weighted by atomic mass is 35.5. The van der Waals surface area contributed by atoms with E-state index < -0.39 is 0 Å². The van der Waals surface area contributed by atoms with Gasteiger partial charge in [0.2, 0.25) is 0 Å². The summed E-state index contributed by atoms with van der Waals surface area (Å²) in [6, 6.07) is 2.09. The molecular formula is C8H8ClN3O. The van der Waals surface area contributed by atoms with Crippen LogP contribution in [0.3, 0.4) is 0 Å². The highest BCUT2D eigenvalue weighted by Crippen LogP contribution is 2.31. The molecule has 1 aromatic heterocycles. The molecule has 0 radical (unpaired) electrons. The molecule has 1 aliphatic carbocycles.